The van der Waals surface area contributed by atoms with Crippen LogP contribution in [0.15, 0.2) is 30.3 Å². The highest BCUT2D eigenvalue weighted by Crippen LogP contribution is 2.29. The molecule has 0 saturated carbocycles. The van der Waals surface area contributed by atoms with Crippen molar-refractivity contribution in [2.24, 2.45) is 0 Å². The Labute approximate surface area is 129 Å². The summed E-state index contributed by atoms with van der Waals surface area (Å²) in [5, 5.41) is 10.5. The lowest BCUT2D eigenvalue weighted by Crippen LogP contribution is -2.12. The maximum atomic E-state index is 12.4. The highest BCUT2D eigenvalue weighted by atomic mass is 35.5. The van der Waals surface area contributed by atoms with Gasteiger partial charge in [0.15, 0.2) is 5.69 Å². The van der Waals surface area contributed by atoms with E-state index in [9.17, 15) is 13.2 Å². The quantitative estimate of drug-likeness (QED) is 0.859. The molecule has 1 aromatic carbocycles. The van der Waals surface area contributed by atoms with Gasteiger partial charge in [0.2, 0.25) is 0 Å². The van der Waals surface area contributed by atoms with Crippen LogP contribution < -0.4 is 5.32 Å². The van der Waals surface area contributed by atoms with Crippen molar-refractivity contribution < 1.29 is 13.2 Å². The van der Waals surface area contributed by atoms with E-state index in [-0.39, 0.29) is 11.9 Å². The van der Waals surface area contributed by atoms with Crippen LogP contribution >= 0.6 is 23.2 Å². The van der Waals surface area contributed by atoms with Crippen LogP contribution in [0.3, 0.4) is 0 Å². The van der Waals surface area contributed by atoms with E-state index in [0.717, 1.165) is 11.6 Å². The number of hydrogen-bond donors (Lipinski definition) is 1. The molecule has 0 saturated heterocycles. The molecule has 21 heavy (non-hydrogen) atoms. The van der Waals surface area contributed by atoms with Crippen LogP contribution in [-0.4, -0.2) is 10.2 Å². The van der Waals surface area contributed by atoms with Crippen LogP contribution in [0.25, 0.3) is 0 Å². The summed E-state index contributed by atoms with van der Waals surface area (Å²) >= 11 is 11.9. The summed E-state index contributed by atoms with van der Waals surface area (Å²) in [4.78, 5) is 0. The highest BCUT2D eigenvalue weighted by molar-refractivity contribution is 6.35. The molecule has 3 nitrogen and oxygen atoms in total. The van der Waals surface area contributed by atoms with Gasteiger partial charge in [0, 0.05) is 10.0 Å². The fourth-order valence-corrected chi connectivity index (χ4v) is 2.28. The second-order valence-electron chi connectivity index (χ2n) is 4.33. The summed E-state index contributed by atoms with van der Waals surface area (Å²) in [5.41, 5.74) is -0.284. The molecule has 112 valence electrons. The van der Waals surface area contributed by atoms with Crippen LogP contribution in [-0.2, 0) is 6.18 Å². The van der Waals surface area contributed by atoms with Crippen LogP contribution in [0.4, 0.5) is 19.0 Å². The van der Waals surface area contributed by atoms with E-state index in [0.29, 0.717) is 10.0 Å². The molecule has 1 aromatic heterocycles. The van der Waals surface area contributed by atoms with E-state index < -0.39 is 11.9 Å². The number of hydrogen-bond acceptors (Lipinski definition) is 3. The van der Waals surface area contributed by atoms with E-state index in [1.54, 1.807) is 25.1 Å². The number of alkyl halides is 3. The van der Waals surface area contributed by atoms with Crippen molar-refractivity contribution >= 4 is 29.0 Å². The van der Waals surface area contributed by atoms with Crippen molar-refractivity contribution in [1.29, 1.82) is 0 Å². The van der Waals surface area contributed by atoms with E-state index in [2.05, 4.69) is 15.5 Å². The van der Waals surface area contributed by atoms with E-state index >= 15 is 0 Å². The molecule has 2 aromatic rings. The number of nitrogens with zero attached hydrogens (tertiary/aromatic N) is 2. The summed E-state index contributed by atoms with van der Waals surface area (Å²) in [6.45, 7) is 1.80. The Kier molecular flexibility index (Phi) is 4.58. The summed E-state index contributed by atoms with van der Waals surface area (Å²) in [7, 11) is 0. The zero-order chi connectivity index (χ0) is 15.6. The predicted octanol–water partition coefficient (Wildman–Crippen LogP) is 4.98. The maximum absolute atomic E-state index is 12.4. The van der Waals surface area contributed by atoms with Gasteiger partial charge in [-0.05, 0) is 36.8 Å². The molecular formula is C13H10Cl2F3N3. The SMILES string of the molecule is CC(Nc1ccc(C(F)(F)F)nn1)c1ccc(Cl)cc1Cl. The molecule has 0 spiro atoms. The van der Waals surface area contributed by atoms with Crippen molar-refractivity contribution in [2.45, 2.75) is 19.1 Å². The average molecular weight is 336 g/mol. The molecule has 2 rings (SSSR count). The number of aromatic nitrogens is 2. The van der Waals surface area contributed by atoms with Gasteiger partial charge in [0.25, 0.3) is 0 Å². The number of rotatable bonds is 3. The van der Waals surface area contributed by atoms with Gasteiger partial charge < -0.3 is 5.32 Å². The van der Waals surface area contributed by atoms with Gasteiger partial charge in [-0.1, -0.05) is 29.3 Å². The summed E-state index contributed by atoms with van der Waals surface area (Å²) in [6, 6.07) is 6.83. The van der Waals surface area contributed by atoms with Crippen LogP contribution in [0.1, 0.15) is 24.2 Å². The largest absolute Gasteiger partial charge is 0.435 e. The molecule has 1 heterocycles. The fourth-order valence-electron chi connectivity index (χ4n) is 1.71. The van der Waals surface area contributed by atoms with Gasteiger partial charge in [-0.25, -0.2) is 0 Å². The third-order valence-corrected chi connectivity index (χ3v) is 3.31. The third kappa shape index (κ3) is 3.98. The third-order valence-electron chi connectivity index (χ3n) is 2.75. The number of anilines is 1. The minimum atomic E-state index is -4.50. The number of benzene rings is 1. The Morgan fingerprint density at radius 3 is 2.33 bits per heavy atom. The van der Waals surface area contributed by atoms with Crippen molar-refractivity contribution in [1.82, 2.24) is 10.2 Å². The molecule has 1 N–H and O–H groups in total. The molecular weight excluding hydrogens is 326 g/mol. The molecule has 1 atom stereocenters. The van der Waals surface area contributed by atoms with E-state index in [1.807, 2.05) is 0 Å². The second kappa shape index (κ2) is 6.07. The fraction of sp³-hybridized carbons (Fsp3) is 0.231. The van der Waals surface area contributed by atoms with Gasteiger partial charge in [0.1, 0.15) is 5.82 Å². The standard InChI is InChI=1S/C13H10Cl2F3N3/c1-7(9-3-2-8(14)6-10(9)15)19-12-5-4-11(20-21-12)13(16,17)18/h2-7H,1H3,(H,19,21). The van der Waals surface area contributed by atoms with Crippen LogP contribution in [0.5, 0.6) is 0 Å². The summed E-state index contributed by atoms with van der Waals surface area (Å²) in [5.74, 6) is 0.224. The molecule has 0 amide bonds. The lowest BCUT2D eigenvalue weighted by Gasteiger charge is -2.16. The molecule has 0 fully saturated rings. The molecule has 1 unspecified atom stereocenters. The van der Waals surface area contributed by atoms with Crippen molar-refractivity contribution in [2.75, 3.05) is 5.32 Å². The topological polar surface area (TPSA) is 37.8 Å². The van der Waals surface area contributed by atoms with Crippen LogP contribution in [0.2, 0.25) is 10.0 Å². The molecule has 0 aliphatic rings. The average Bonchev–Trinajstić information content (AvgIpc) is 2.38. The van der Waals surface area contributed by atoms with E-state index in [4.69, 9.17) is 23.2 Å². The molecule has 0 aliphatic heterocycles. The van der Waals surface area contributed by atoms with E-state index in [1.165, 1.54) is 6.07 Å². The van der Waals surface area contributed by atoms with Crippen molar-refractivity contribution in [3.63, 3.8) is 0 Å². The molecule has 8 heteroatoms. The Morgan fingerprint density at radius 2 is 1.81 bits per heavy atom. The van der Waals surface area contributed by atoms with Gasteiger partial charge in [-0.2, -0.15) is 13.2 Å². The zero-order valence-corrected chi connectivity index (χ0v) is 12.3. The van der Waals surface area contributed by atoms with Crippen LogP contribution in [0, 0.1) is 0 Å². The molecule has 0 aliphatic carbocycles. The van der Waals surface area contributed by atoms with Gasteiger partial charge in [-0.3, -0.25) is 0 Å². The van der Waals surface area contributed by atoms with Crippen molar-refractivity contribution in [3.05, 3.63) is 51.6 Å². The monoisotopic (exact) mass is 335 g/mol. The highest BCUT2D eigenvalue weighted by Gasteiger charge is 2.32. The zero-order valence-electron chi connectivity index (χ0n) is 10.7. The van der Waals surface area contributed by atoms with Gasteiger partial charge in [0.05, 0.1) is 6.04 Å². The molecule has 0 radical (unpaired) electrons. The lowest BCUT2D eigenvalue weighted by molar-refractivity contribution is -0.141. The Bertz CT molecular complexity index is 630. The Balaban J connectivity index is 2.14. The first-order valence-electron chi connectivity index (χ1n) is 5.90. The first-order valence-corrected chi connectivity index (χ1v) is 6.65. The van der Waals surface area contributed by atoms with Crippen molar-refractivity contribution in [3.8, 4) is 0 Å². The first kappa shape index (κ1) is 15.9. The minimum Gasteiger partial charge on any atom is -0.362 e. The minimum absolute atomic E-state index is 0.224. The Morgan fingerprint density at radius 1 is 1.10 bits per heavy atom. The van der Waals surface area contributed by atoms with Gasteiger partial charge >= 0.3 is 6.18 Å². The predicted molar refractivity (Wildman–Crippen MR) is 75.5 cm³/mol. The Hall–Kier alpha value is -1.53. The first-order chi connectivity index (χ1) is 9.77. The summed E-state index contributed by atoms with van der Waals surface area (Å²) < 4.78 is 37.2. The lowest BCUT2D eigenvalue weighted by atomic mass is 10.1. The second-order valence-corrected chi connectivity index (χ2v) is 5.18. The summed E-state index contributed by atoms with van der Waals surface area (Å²) in [6.07, 6.45) is -4.50. The molecule has 0 bridgehead atoms. The normalized spacial score (nSPS) is 13.0. The number of halogens is 5. The maximum Gasteiger partial charge on any atom is 0.435 e. The smallest absolute Gasteiger partial charge is 0.362 e. The van der Waals surface area contributed by atoms with Gasteiger partial charge in [-0.15, -0.1) is 10.2 Å². The number of nitrogens with one attached hydrogen (secondary N) is 1.